The van der Waals surface area contributed by atoms with E-state index in [9.17, 15) is 4.79 Å². The molecule has 2 unspecified atom stereocenters. The van der Waals surface area contributed by atoms with E-state index in [2.05, 4.69) is 15.0 Å². The van der Waals surface area contributed by atoms with Gasteiger partial charge in [-0.2, -0.15) is 0 Å². The summed E-state index contributed by atoms with van der Waals surface area (Å²) in [5, 5.41) is 8.97. The Morgan fingerprint density at radius 1 is 1.47 bits per heavy atom. The molecule has 0 aromatic carbocycles. The van der Waals surface area contributed by atoms with Gasteiger partial charge >= 0.3 is 5.97 Å². The van der Waals surface area contributed by atoms with Gasteiger partial charge < -0.3 is 10.1 Å². The number of aliphatic carboxylic acids is 1. The van der Waals surface area contributed by atoms with Crippen molar-refractivity contribution >= 4 is 17.1 Å². The molecular weight excluding hydrogens is 218 g/mol. The van der Waals surface area contributed by atoms with Crippen LogP contribution in [0.4, 0.5) is 0 Å². The summed E-state index contributed by atoms with van der Waals surface area (Å²) in [6, 6.07) is 3.79. The Morgan fingerprint density at radius 2 is 2.35 bits per heavy atom. The number of aromatic amines is 1. The number of fused-ring (bicyclic) bond motifs is 1. The van der Waals surface area contributed by atoms with E-state index in [1.165, 1.54) is 0 Å². The van der Waals surface area contributed by atoms with Crippen molar-refractivity contribution in [1.29, 1.82) is 0 Å². The maximum atomic E-state index is 10.9. The Bertz CT molecular complexity index is 531. The molecule has 17 heavy (non-hydrogen) atoms. The van der Waals surface area contributed by atoms with Crippen molar-refractivity contribution in [3.05, 3.63) is 24.2 Å². The monoisotopic (exact) mass is 231 g/mol. The number of hydrogen-bond donors (Lipinski definition) is 2. The van der Waals surface area contributed by atoms with Crippen LogP contribution in [0.3, 0.4) is 0 Å². The standard InChI is InChI=1S/C12H13N3O2/c16-12(17)8-4-3-7(6-8)10-14-9-2-1-5-13-11(9)15-10/h1-2,5,7-8H,3-4,6H2,(H,16,17)(H,13,14,15). The first-order valence-electron chi connectivity index (χ1n) is 5.77. The highest BCUT2D eigenvalue weighted by atomic mass is 16.4. The fourth-order valence-electron chi connectivity index (χ4n) is 2.51. The molecule has 0 saturated heterocycles. The molecule has 0 spiro atoms. The van der Waals surface area contributed by atoms with E-state index in [0.717, 1.165) is 24.2 Å². The first-order valence-corrected chi connectivity index (χ1v) is 5.77. The fraction of sp³-hybridized carbons (Fsp3) is 0.417. The van der Waals surface area contributed by atoms with Crippen molar-refractivity contribution < 1.29 is 9.90 Å². The van der Waals surface area contributed by atoms with Gasteiger partial charge in [-0.05, 0) is 31.4 Å². The minimum Gasteiger partial charge on any atom is -0.481 e. The maximum Gasteiger partial charge on any atom is 0.306 e. The van der Waals surface area contributed by atoms with E-state index in [1.807, 2.05) is 12.1 Å². The van der Waals surface area contributed by atoms with Crippen LogP contribution in [-0.4, -0.2) is 26.0 Å². The summed E-state index contributed by atoms with van der Waals surface area (Å²) in [5.41, 5.74) is 1.63. The minimum atomic E-state index is -0.693. The first-order chi connectivity index (χ1) is 8.24. The summed E-state index contributed by atoms with van der Waals surface area (Å²) in [5.74, 6) is 0.190. The van der Waals surface area contributed by atoms with Gasteiger partial charge in [0.15, 0.2) is 5.65 Å². The lowest BCUT2D eigenvalue weighted by Gasteiger charge is -2.04. The molecule has 2 heterocycles. The molecule has 2 atom stereocenters. The number of imidazole rings is 1. The molecule has 3 rings (SSSR count). The van der Waals surface area contributed by atoms with Crippen molar-refractivity contribution in [2.75, 3.05) is 0 Å². The van der Waals surface area contributed by atoms with Crippen LogP contribution in [0.1, 0.15) is 31.0 Å². The number of nitrogens with zero attached hydrogens (tertiary/aromatic N) is 2. The van der Waals surface area contributed by atoms with Gasteiger partial charge in [0.1, 0.15) is 5.82 Å². The van der Waals surface area contributed by atoms with Gasteiger partial charge in [0.2, 0.25) is 0 Å². The van der Waals surface area contributed by atoms with E-state index in [1.54, 1.807) is 6.20 Å². The molecule has 2 aromatic rings. The Morgan fingerprint density at radius 3 is 3.06 bits per heavy atom. The number of H-pyrrole nitrogens is 1. The molecule has 0 radical (unpaired) electrons. The van der Waals surface area contributed by atoms with Crippen LogP contribution in [0.5, 0.6) is 0 Å². The Hall–Kier alpha value is -1.91. The smallest absolute Gasteiger partial charge is 0.306 e. The fourth-order valence-corrected chi connectivity index (χ4v) is 2.51. The second kappa shape index (κ2) is 3.84. The summed E-state index contributed by atoms with van der Waals surface area (Å²) >= 11 is 0. The molecule has 0 bridgehead atoms. The predicted octanol–water partition coefficient (Wildman–Crippen LogP) is 1.93. The molecule has 1 fully saturated rings. The predicted molar refractivity (Wildman–Crippen MR) is 61.6 cm³/mol. The first kappa shape index (κ1) is 10.3. The van der Waals surface area contributed by atoms with Crippen LogP contribution in [0.2, 0.25) is 0 Å². The van der Waals surface area contributed by atoms with E-state index in [-0.39, 0.29) is 11.8 Å². The van der Waals surface area contributed by atoms with Crippen LogP contribution >= 0.6 is 0 Å². The van der Waals surface area contributed by atoms with Crippen LogP contribution in [0.25, 0.3) is 11.2 Å². The van der Waals surface area contributed by atoms with Crippen LogP contribution in [0.15, 0.2) is 18.3 Å². The molecule has 88 valence electrons. The van der Waals surface area contributed by atoms with E-state index >= 15 is 0 Å². The van der Waals surface area contributed by atoms with Crippen molar-refractivity contribution in [2.24, 2.45) is 5.92 Å². The van der Waals surface area contributed by atoms with Gasteiger partial charge in [-0.25, -0.2) is 9.97 Å². The second-order valence-corrected chi connectivity index (χ2v) is 4.54. The summed E-state index contributed by atoms with van der Waals surface area (Å²) in [6.45, 7) is 0. The van der Waals surface area contributed by atoms with Crippen LogP contribution < -0.4 is 0 Å². The quantitative estimate of drug-likeness (QED) is 0.827. The van der Waals surface area contributed by atoms with Gasteiger partial charge in [0.05, 0.1) is 11.4 Å². The van der Waals surface area contributed by atoms with Gasteiger partial charge in [-0.3, -0.25) is 4.79 Å². The highest BCUT2D eigenvalue weighted by molar-refractivity contribution is 5.71. The zero-order valence-corrected chi connectivity index (χ0v) is 9.26. The van der Waals surface area contributed by atoms with Crippen molar-refractivity contribution in [3.63, 3.8) is 0 Å². The topological polar surface area (TPSA) is 78.9 Å². The maximum absolute atomic E-state index is 10.9. The Balaban J connectivity index is 1.87. The molecule has 1 aliphatic rings. The Kier molecular flexibility index (Phi) is 2.31. The molecule has 0 aliphatic heterocycles. The van der Waals surface area contributed by atoms with E-state index < -0.39 is 5.97 Å². The van der Waals surface area contributed by atoms with Crippen LogP contribution in [0, 0.1) is 5.92 Å². The van der Waals surface area contributed by atoms with E-state index in [0.29, 0.717) is 12.1 Å². The summed E-state index contributed by atoms with van der Waals surface area (Å²) < 4.78 is 0. The summed E-state index contributed by atoms with van der Waals surface area (Å²) in [6.07, 6.45) is 4.01. The van der Waals surface area contributed by atoms with E-state index in [4.69, 9.17) is 5.11 Å². The molecule has 2 aromatic heterocycles. The van der Waals surface area contributed by atoms with Gasteiger partial charge in [-0.15, -0.1) is 0 Å². The van der Waals surface area contributed by atoms with Gasteiger partial charge in [0, 0.05) is 12.1 Å². The zero-order valence-electron chi connectivity index (χ0n) is 9.26. The summed E-state index contributed by atoms with van der Waals surface area (Å²) in [7, 11) is 0. The average Bonchev–Trinajstić information content (AvgIpc) is 2.95. The molecule has 1 saturated carbocycles. The number of carboxylic acids is 1. The lowest BCUT2D eigenvalue weighted by Crippen LogP contribution is -2.09. The number of pyridine rings is 1. The lowest BCUT2D eigenvalue weighted by molar-refractivity contribution is -0.141. The summed E-state index contributed by atoms with van der Waals surface area (Å²) in [4.78, 5) is 22.7. The van der Waals surface area contributed by atoms with Crippen molar-refractivity contribution in [3.8, 4) is 0 Å². The zero-order chi connectivity index (χ0) is 11.8. The molecule has 5 heteroatoms. The molecule has 0 amide bonds. The Labute approximate surface area is 97.9 Å². The van der Waals surface area contributed by atoms with Gasteiger partial charge in [0.25, 0.3) is 0 Å². The number of aromatic nitrogens is 3. The number of carbonyl (C=O) groups is 1. The molecule has 5 nitrogen and oxygen atoms in total. The third-order valence-electron chi connectivity index (χ3n) is 3.44. The highest BCUT2D eigenvalue weighted by Crippen LogP contribution is 2.37. The average molecular weight is 231 g/mol. The number of hydrogen-bond acceptors (Lipinski definition) is 3. The molecular formula is C12H13N3O2. The molecule has 1 aliphatic carbocycles. The third-order valence-corrected chi connectivity index (χ3v) is 3.44. The highest BCUT2D eigenvalue weighted by Gasteiger charge is 2.32. The lowest BCUT2D eigenvalue weighted by atomic mass is 10.0. The SMILES string of the molecule is O=C(O)C1CCC(c2nc3ncccc3[nH]2)C1. The number of nitrogens with one attached hydrogen (secondary N) is 1. The van der Waals surface area contributed by atoms with Crippen LogP contribution in [-0.2, 0) is 4.79 Å². The van der Waals surface area contributed by atoms with Gasteiger partial charge in [-0.1, -0.05) is 0 Å². The number of carboxylic acid groups (broad SMARTS) is 1. The van der Waals surface area contributed by atoms with Crippen molar-refractivity contribution in [2.45, 2.75) is 25.2 Å². The molecule has 2 N–H and O–H groups in total. The second-order valence-electron chi connectivity index (χ2n) is 4.54. The third kappa shape index (κ3) is 1.77. The largest absolute Gasteiger partial charge is 0.481 e. The van der Waals surface area contributed by atoms with Crippen molar-refractivity contribution in [1.82, 2.24) is 15.0 Å². The minimum absolute atomic E-state index is 0.221. The normalized spacial score (nSPS) is 24.2. The number of rotatable bonds is 2.